The number of hydrogen-bond donors (Lipinski definition) is 0. The summed E-state index contributed by atoms with van der Waals surface area (Å²) in [4.78, 5) is 0. The summed E-state index contributed by atoms with van der Waals surface area (Å²) in [5, 5.41) is 0. The van der Waals surface area contributed by atoms with Gasteiger partial charge in [0.25, 0.3) is 0 Å². The van der Waals surface area contributed by atoms with Gasteiger partial charge in [-0.1, -0.05) is 0 Å². The second-order valence-corrected chi connectivity index (χ2v) is 9.89. The van der Waals surface area contributed by atoms with E-state index in [-0.39, 0.29) is 0 Å². The minimum atomic E-state index is -3.81. The minimum absolute atomic E-state index is 0.750. The van der Waals surface area contributed by atoms with E-state index in [1.807, 2.05) is 0 Å². The van der Waals surface area contributed by atoms with Crippen molar-refractivity contribution < 1.29 is 65.9 Å². The molecule has 0 saturated heterocycles. The Labute approximate surface area is 215 Å². The van der Waals surface area contributed by atoms with Crippen molar-refractivity contribution in [2.45, 2.75) is 22.7 Å². The molecule has 0 N–H and O–H groups in total. The van der Waals surface area contributed by atoms with Gasteiger partial charge < -0.3 is 0 Å². The standard InChI is InChI=1S/C22H6F15.Sn/c1-2-3(5-8(23)14(29)20(35)15(30)9(5)24)4(6-10(25)16(31)21(36)17(32)11(6)26)7-12(27)18(33)22(37)19(34)13(7)28;/h3H,2H2,1H3;. The molecule has 0 spiro atoms. The van der Waals surface area contributed by atoms with E-state index in [1.54, 1.807) is 0 Å². The van der Waals surface area contributed by atoms with Crippen LogP contribution in [-0.2, 0) is 3.43 Å². The van der Waals surface area contributed by atoms with E-state index in [9.17, 15) is 65.9 Å². The molecule has 0 fully saturated rings. The molecule has 3 radical (unpaired) electrons. The van der Waals surface area contributed by atoms with Crippen molar-refractivity contribution in [2.24, 2.45) is 0 Å². The predicted octanol–water partition coefficient (Wildman–Crippen LogP) is 7.38. The van der Waals surface area contributed by atoms with Crippen molar-refractivity contribution in [3.05, 3.63) is 104 Å². The Hall–Kier alpha value is -2.59. The van der Waals surface area contributed by atoms with E-state index in [0.717, 1.165) is 6.92 Å². The Morgan fingerprint density at radius 3 is 0.868 bits per heavy atom. The van der Waals surface area contributed by atoms with Crippen LogP contribution in [0.3, 0.4) is 0 Å². The maximum absolute atomic E-state index is 15.0. The second kappa shape index (κ2) is 10.2. The molecule has 3 rings (SSSR count). The van der Waals surface area contributed by atoms with Gasteiger partial charge in [0.05, 0.1) is 0 Å². The van der Waals surface area contributed by atoms with Crippen LogP contribution in [-0.4, -0.2) is 22.5 Å². The quantitative estimate of drug-likeness (QED) is 0.115. The fourth-order valence-electron chi connectivity index (χ4n) is 4.03. The Bertz CT molecular complexity index is 1330. The van der Waals surface area contributed by atoms with Gasteiger partial charge in [-0.3, -0.25) is 0 Å². The summed E-state index contributed by atoms with van der Waals surface area (Å²) < 4.78 is 211. The van der Waals surface area contributed by atoms with E-state index in [1.165, 1.54) is 0 Å². The molecule has 0 amide bonds. The Kier molecular flexibility index (Phi) is 8.03. The summed E-state index contributed by atoms with van der Waals surface area (Å²) in [5.41, 5.74) is -6.76. The number of halogens is 15. The molecule has 0 aliphatic heterocycles. The zero-order valence-electron chi connectivity index (χ0n) is 18.0. The molecule has 0 saturated carbocycles. The molecule has 38 heavy (non-hydrogen) atoms. The molecule has 16 heteroatoms. The molecule has 3 aromatic rings. The van der Waals surface area contributed by atoms with Gasteiger partial charge in [-0.05, 0) is 0 Å². The molecular formula is C22H6F15Sn. The molecule has 1 unspecified atom stereocenters. The van der Waals surface area contributed by atoms with Crippen molar-refractivity contribution >= 4 is 22.5 Å². The third kappa shape index (κ3) is 4.02. The van der Waals surface area contributed by atoms with Crippen molar-refractivity contribution in [3.8, 4) is 0 Å². The van der Waals surface area contributed by atoms with E-state index in [2.05, 4.69) is 0 Å². The molecule has 0 bridgehead atoms. The fraction of sp³-hybridized carbons (Fsp3) is 0.182. The van der Waals surface area contributed by atoms with Crippen molar-refractivity contribution in [1.29, 1.82) is 0 Å². The van der Waals surface area contributed by atoms with Gasteiger partial charge in [0, 0.05) is 0 Å². The number of rotatable bonds is 5. The normalized spacial score (nSPS) is 12.9. The van der Waals surface area contributed by atoms with Gasteiger partial charge in [0.15, 0.2) is 0 Å². The van der Waals surface area contributed by atoms with E-state index in [4.69, 9.17) is 0 Å². The van der Waals surface area contributed by atoms with Gasteiger partial charge in [-0.15, -0.1) is 0 Å². The van der Waals surface area contributed by atoms with Crippen LogP contribution in [0.4, 0.5) is 65.9 Å². The van der Waals surface area contributed by atoms with Gasteiger partial charge in [0.2, 0.25) is 0 Å². The maximum atomic E-state index is 15.0. The third-order valence-electron chi connectivity index (χ3n) is 5.73. The van der Waals surface area contributed by atoms with Crippen LogP contribution in [0.1, 0.15) is 36.0 Å². The molecule has 0 heterocycles. The fourth-order valence-corrected chi connectivity index (χ4v) is 6.28. The Morgan fingerprint density at radius 1 is 0.421 bits per heavy atom. The zero-order chi connectivity index (χ0) is 29.2. The van der Waals surface area contributed by atoms with Crippen LogP contribution in [0.15, 0.2) is 0 Å². The zero-order valence-corrected chi connectivity index (χ0v) is 20.8. The van der Waals surface area contributed by atoms with Gasteiger partial charge >= 0.3 is 215 Å². The molecular weight excluding hydrogens is 668 g/mol. The van der Waals surface area contributed by atoms with Crippen LogP contribution in [0.2, 0.25) is 0 Å². The number of hydrogen-bond acceptors (Lipinski definition) is 0. The first kappa shape index (κ1) is 30.0. The van der Waals surface area contributed by atoms with E-state index < -0.39 is 142 Å². The Morgan fingerprint density at radius 2 is 0.632 bits per heavy atom. The van der Waals surface area contributed by atoms with Crippen LogP contribution in [0.25, 0.3) is 0 Å². The molecule has 0 aromatic heterocycles. The second-order valence-electron chi connectivity index (χ2n) is 7.64. The van der Waals surface area contributed by atoms with Gasteiger partial charge in [-0.2, -0.15) is 0 Å². The first-order chi connectivity index (χ1) is 17.5. The molecule has 3 aromatic carbocycles. The molecule has 0 aliphatic carbocycles. The van der Waals surface area contributed by atoms with Gasteiger partial charge in [0.1, 0.15) is 0 Å². The van der Waals surface area contributed by atoms with Crippen molar-refractivity contribution in [3.63, 3.8) is 0 Å². The monoisotopic (exact) mass is 675 g/mol. The van der Waals surface area contributed by atoms with E-state index in [0.29, 0.717) is 0 Å². The average molecular weight is 674 g/mol. The third-order valence-corrected chi connectivity index (χ3v) is 8.15. The Balaban J connectivity index is 2.71. The summed E-state index contributed by atoms with van der Waals surface area (Å²) in [5.74, 6) is -45.1. The number of benzene rings is 3. The SMILES string of the molecule is CCC(c1c(F)c(F)c(F)c(F)c1F)[C]([Sn])(c1c(F)c(F)c(F)c(F)c1F)c1c(F)c(F)c(F)c(F)c1F. The molecule has 0 nitrogen and oxygen atoms in total. The molecule has 1 atom stereocenters. The van der Waals surface area contributed by atoms with Crippen LogP contribution < -0.4 is 0 Å². The van der Waals surface area contributed by atoms with Crippen LogP contribution in [0, 0.1) is 87.3 Å². The topological polar surface area (TPSA) is 0 Å². The van der Waals surface area contributed by atoms with Gasteiger partial charge in [-0.25, -0.2) is 0 Å². The average Bonchev–Trinajstić information content (AvgIpc) is 2.88. The molecule has 0 aliphatic rings. The first-order valence-corrected chi connectivity index (χ1v) is 11.2. The summed E-state index contributed by atoms with van der Waals surface area (Å²) in [6, 6.07) is 0. The summed E-state index contributed by atoms with van der Waals surface area (Å²) in [6.07, 6.45) is -1.16. The van der Waals surface area contributed by atoms with Crippen LogP contribution in [0.5, 0.6) is 0 Å². The summed E-state index contributed by atoms with van der Waals surface area (Å²) in [6.45, 7) is 0.750. The van der Waals surface area contributed by atoms with Crippen molar-refractivity contribution in [1.82, 2.24) is 0 Å². The predicted molar refractivity (Wildman–Crippen MR) is 98.3 cm³/mol. The van der Waals surface area contributed by atoms with E-state index >= 15 is 0 Å². The first-order valence-electron chi connectivity index (χ1n) is 9.78. The summed E-state index contributed by atoms with van der Waals surface area (Å²) >= 11 is -0.954. The summed E-state index contributed by atoms with van der Waals surface area (Å²) in [7, 11) is 0. The molecule has 203 valence electrons. The van der Waals surface area contributed by atoms with Crippen molar-refractivity contribution in [2.75, 3.05) is 0 Å². The van der Waals surface area contributed by atoms with Crippen LogP contribution >= 0.6 is 0 Å².